The van der Waals surface area contributed by atoms with Crippen LogP contribution in [0.3, 0.4) is 0 Å². The molecule has 0 bridgehead atoms. The number of pyridine rings is 2. The monoisotopic (exact) mass is 404 g/mol. The van der Waals surface area contributed by atoms with Crippen molar-refractivity contribution in [2.45, 2.75) is 26.4 Å². The number of fused-ring (bicyclic) bond motifs is 2. The molecule has 29 heavy (non-hydrogen) atoms. The standard InChI is InChI=1S/C21H20N6OS/c1-12-4-3-5-16(24-12)19-20(18-8-14-9-22-7-6-17(14)29-18)27-11-15(10-23-13(2)28)25-21(27)26-19/h3-9,15H,10-11H2,1-2H3,(H,23,28)(H,25,26). The Kier molecular flexibility index (Phi) is 4.28. The molecule has 1 unspecified atom stereocenters. The number of aromatic nitrogens is 4. The molecular formula is C21H20N6OS. The first-order valence-electron chi connectivity index (χ1n) is 9.48. The maximum atomic E-state index is 11.3. The first kappa shape index (κ1) is 17.8. The molecule has 0 aliphatic carbocycles. The fourth-order valence-corrected chi connectivity index (χ4v) is 4.76. The maximum absolute atomic E-state index is 11.3. The van der Waals surface area contributed by atoms with E-state index in [1.165, 1.54) is 11.6 Å². The molecule has 0 aromatic carbocycles. The number of nitrogens with one attached hydrogen (secondary N) is 2. The topological polar surface area (TPSA) is 84.7 Å². The quantitative estimate of drug-likeness (QED) is 0.544. The molecule has 1 aliphatic heterocycles. The summed E-state index contributed by atoms with van der Waals surface area (Å²) in [5.74, 6) is 0.780. The molecule has 146 valence electrons. The first-order chi connectivity index (χ1) is 14.1. The van der Waals surface area contributed by atoms with Crippen molar-refractivity contribution in [2.24, 2.45) is 0 Å². The number of imidazole rings is 1. The summed E-state index contributed by atoms with van der Waals surface area (Å²) in [4.78, 5) is 26.3. The second-order valence-electron chi connectivity index (χ2n) is 7.21. The van der Waals surface area contributed by atoms with Crippen molar-refractivity contribution in [1.82, 2.24) is 24.8 Å². The lowest BCUT2D eigenvalue weighted by molar-refractivity contribution is -0.119. The smallest absolute Gasteiger partial charge is 0.216 e. The molecule has 0 radical (unpaired) electrons. The summed E-state index contributed by atoms with van der Waals surface area (Å²) in [5, 5.41) is 7.44. The maximum Gasteiger partial charge on any atom is 0.216 e. The highest BCUT2D eigenvalue weighted by Crippen LogP contribution is 2.41. The number of carbonyl (C=O) groups excluding carboxylic acids is 1. The highest BCUT2D eigenvalue weighted by molar-refractivity contribution is 7.22. The van der Waals surface area contributed by atoms with Crippen LogP contribution in [0.1, 0.15) is 12.6 Å². The molecular weight excluding hydrogens is 384 g/mol. The Hall–Kier alpha value is -3.26. The summed E-state index contributed by atoms with van der Waals surface area (Å²) in [6.45, 7) is 4.81. The molecule has 0 saturated carbocycles. The van der Waals surface area contributed by atoms with E-state index in [4.69, 9.17) is 9.97 Å². The van der Waals surface area contributed by atoms with Crippen LogP contribution < -0.4 is 10.6 Å². The summed E-state index contributed by atoms with van der Waals surface area (Å²) < 4.78 is 3.39. The molecule has 7 nitrogen and oxygen atoms in total. The average Bonchev–Trinajstić information content (AvgIpc) is 3.37. The predicted octanol–water partition coefficient (Wildman–Crippen LogP) is 3.46. The van der Waals surface area contributed by atoms with E-state index < -0.39 is 0 Å². The number of aryl methyl sites for hydroxylation is 1. The zero-order chi connectivity index (χ0) is 20.0. The number of nitrogens with zero attached hydrogens (tertiary/aromatic N) is 4. The second-order valence-corrected chi connectivity index (χ2v) is 8.29. The summed E-state index contributed by atoms with van der Waals surface area (Å²) >= 11 is 1.73. The van der Waals surface area contributed by atoms with Crippen molar-refractivity contribution in [3.8, 4) is 22.0 Å². The van der Waals surface area contributed by atoms with Gasteiger partial charge in [-0.05, 0) is 31.2 Å². The molecule has 1 atom stereocenters. The van der Waals surface area contributed by atoms with Gasteiger partial charge in [-0.1, -0.05) is 6.07 Å². The van der Waals surface area contributed by atoms with Gasteiger partial charge in [-0.25, -0.2) is 4.98 Å². The van der Waals surface area contributed by atoms with Crippen molar-refractivity contribution in [1.29, 1.82) is 0 Å². The summed E-state index contributed by atoms with van der Waals surface area (Å²) in [7, 11) is 0. The van der Waals surface area contributed by atoms with Crippen LogP contribution in [0.4, 0.5) is 5.95 Å². The normalized spacial score (nSPS) is 15.3. The predicted molar refractivity (Wildman–Crippen MR) is 115 cm³/mol. The van der Waals surface area contributed by atoms with Gasteiger partial charge in [0.1, 0.15) is 5.69 Å². The Morgan fingerprint density at radius 3 is 3.03 bits per heavy atom. The van der Waals surface area contributed by atoms with Gasteiger partial charge in [-0.3, -0.25) is 14.8 Å². The van der Waals surface area contributed by atoms with Gasteiger partial charge in [0, 0.05) is 48.2 Å². The van der Waals surface area contributed by atoms with Crippen LogP contribution in [-0.2, 0) is 11.3 Å². The van der Waals surface area contributed by atoms with E-state index in [0.717, 1.165) is 45.5 Å². The van der Waals surface area contributed by atoms with E-state index in [1.54, 1.807) is 11.3 Å². The minimum absolute atomic E-state index is 0.0294. The molecule has 5 rings (SSSR count). The third-order valence-electron chi connectivity index (χ3n) is 4.98. The van der Waals surface area contributed by atoms with Crippen LogP contribution in [0.15, 0.2) is 42.7 Å². The first-order valence-corrected chi connectivity index (χ1v) is 10.3. The Morgan fingerprint density at radius 1 is 1.34 bits per heavy atom. The largest absolute Gasteiger partial charge is 0.354 e. The van der Waals surface area contributed by atoms with Crippen molar-refractivity contribution < 1.29 is 4.79 Å². The molecule has 8 heteroatoms. The Balaban J connectivity index is 1.62. The van der Waals surface area contributed by atoms with Crippen LogP contribution in [0.25, 0.3) is 32.0 Å². The lowest BCUT2D eigenvalue weighted by Crippen LogP contribution is -2.34. The number of thiophene rings is 1. The lowest BCUT2D eigenvalue weighted by atomic mass is 10.1. The number of rotatable bonds is 4. The van der Waals surface area contributed by atoms with E-state index in [1.807, 2.05) is 43.6 Å². The van der Waals surface area contributed by atoms with Gasteiger partial charge in [0.25, 0.3) is 0 Å². The van der Waals surface area contributed by atoms with Gasteiger partial charge in [0.05, 0.1) is 22.3 Å². The van der Waals surface area contributed by atoms with Crippen molar-refractivity contribution in [3.63, 3.8) is 0 Å². The van der Waals surface area contributed by atoms with Crippen LogP contribution >= 0.6 is 11.3 Å². The van der Waals surface area contributed by atoms with Gasteiger partial charge in [0.2, 0.25) is 11.9 Å². The molecule has 0 fully saturated rings. The zero-order valence-electron chi connectivity index (χ0n) is 16.1. The van der Waals surface area contributed by atoms with Gasteiger partial charge < -0.3 is 15.2 Å². The molecule has 4 aromatic rings. The molecule has 1 aliphatic rings. The Bertz CT molecular complexity index is 1190. The number of anilines is 1. The van der Waals surface area contributed by atoms with Crippen LogP contribution in [0, 0.1) is 6.92 Å². The van der Waals surface area contributed by atoms with Gasteiger partial charge in [0.15, 0.2) is 0 Å². The highest BCUT2D eigenvalue weighted by atomic mass is 32.1. The fourth-order valence-electron chi connectivity index (χ4n) is 3.68. The number of amides is 1. The minimum atomic E-state index is -0.0294. The molecule has 2 N–H and O–H groups in total. The number of carbonyl (C=O) groups is 1. The van der Waals surface area contributed by atoms with E-state index >= 15 is 0 Å². The third kappa shape index (κ3) is 3.25. The van der Waals surface area contributed by atoms with Crippen molar-refractivity contribution in [2.75, 3.05) is 11.9 Å². The SMILES string of the molecule is CC(=O)NCC1Cn2c(nc(-c3cccc(C)n3)c2-c2cc3cnccc3s2)N1. The van der Waals surface area contributed by atoms with E-state index in [-0.39, 0.29) is 11.9 Å². The van der Waals surface area contributed by atoms with Crippen LogP contribution in [-0.4, -0.2) is 38.0 Å². The fraction of sp³-hybridized carbons (Fsp3) is 0.238. The summed E-state index contributed by atoms with van der Waals surface area (Å²) in [6, 6.07) is 10.3. The van der Waals surface area contributed by atoms with Gasteiger partial charge in [-0.2, -0.15) is 0 Å². The lowest BCUT2D eigenvalue weighted by Gasteiger charge is -2.12. The van der Waals surface area contributed by atoms with E-state index in [9.17, 15) is 4.79 Å². The molecule has 5 heterocycles. The molecule has 1 amide bonds. The van der Waals surface area contributed by atoms with E-state index in [0.29, 0.717) is 6.54 Å². The summed E-state index contributed by atoms with van der Waals surface area (Å²) in [5.41, 5.74) is 3.74. The highest BCUT2D eigenvalue weighted by Gasteiger charge is 2.29. The van der Waals surface area contributed by atoms with E-state index in [2.05, 4.69) is 26.3 Å². The van der Waals surface area contributed by atoms with Crippen molar-refractivity contribution >= 4 is 33.3 Å². The van der Waals surface area contributed by atoms with Crippen molar-refractivity contribution in [3.05, 3.63) is 48.4 Å². The van der Waals surface area contributed by atoms with Gasteiger partial charge >= 0.3 is 0 Å². The molecule has 4 aromatic heterocycles. The van der Waals surface area contributed by atoms with Gasteiger partial charge in [-0.15, -0.1) is 11.3 Å². The minimum Gasteiger partial charge on any atom is -0.354 e. The zero-order valence-corrected chi connectivity index (χ0v) is 17.0. The van der Waals surface area contributed by atoms with Crippen LogP contribution in [0.5, 0.6) is 0 Å². The number of hydrogen-bond donors (Lipinski definition) is 2. The molecule has 0 spiro atoms. The Labute approximate surface area is 171 Å². The average molecular weight is 404 g/mol. The number of hydrogen-bond acceptors (Lipinski definition) is 6. The Morgan fingerprint density at radius 2 is 2.24 bits per heavy atom. The third-order valence-corrected chi connectivity index (χ3v) is 6.10. The second kappa shape index (κ2) is 6.97. The summed E-state index contributed by atoms with van der Waals surface area (Å²) in [6.07, 6.45) is 3.70. The molecule has 0 saturated heterocycles. The van der Waals surface area contributed by atoms with Crippen LogP contribution in [0.2, 0.25) is 0 Å².